The van der Waals surface area contributed by atoms with E-state index in [0.29, 0.717) is 36.4 Å². The SMILES string of the molecule is CCNC(=O)c1nnc(-c2cc(C(C)C)c(O)cc2O)n1-c1ccc(CN2CCN(CC(=O)O)CC2)cc1. The van der Waals surface area contributed by atoms with Crippen molar-refractivity contribution in [2.75, 3.05) is 39.3 Å². The Morgan fingerprint density at radius 2 is 1.63 bits per heavy atom. The summed E-state index contributed by atoms with van der Waals surface area (Å²) in [6.07, 6.45) is 0. The number of amides is 1. The van der Waals surface area contributed by atoms with E-state index in [9.17, 15) is 19.8 Å². The Bertz CT molecular complexity index is 1300. The van der Waals surface area contributed by atoms with Gasteiger partial charge in [-0.25, -0.2) is 0 Å². The predicted octanol–water partition coefficient (Wildman–Crippen LogP) is 2.42. The summed E-state index contributed by atoms with van der Waals surface area (Å²) >= 11 is 0. The highest BCUT2D eigenvalue weighted by Crippen LogP contribution is 2.38. The van der Waals surface area contributed by atoms with Crippen molar-refractivity contribution in [3.8, 4) is 28.6 Å². The molecule has 2 heterocycles. The average molecular weight is 523 g/mol. The number of aromatic hydroxyl groups is 2. The monoisotopic (exact) mass is 522 g/mol. The van der Waals surface area contributed by atoms with Gasteiger partial charge in [-0.05, 0) is 42.2 Å². The Kier molecular flexibility index (Phi) is 8.28. The summed E-state index contributed by atoms with van der Waals surface area (Å²) in [6, 6.07) is 10.7. The number of rotatable bonds is 9. The van der Waals surface area contributed by atoms with Gasteiger partial charge in [0.1, 0.15) is 11.5 Å². The first-order chi connectivity index (χ1) is 18.2. The van der Waals surface area contributed by atoms with Crippen LogP contribution >= 0.6 is 0 Å². The third-order valence-corrected chi connectivity index (χ3v) is 6.64. The molecule has 0 bridgehead atoms. The number of piperazine rings is 1. The molecule has 0 saturated carbocycles. The molecule has 3 aromatic rings. The molecule has 2 aromatic carbocycles. The Labute approximate surface area is 221 Å². The molecule has 0 radical (unpaired) electrons. The number of phenolic OH excluding ortho intramolecular Hbond substituents is 2. The van der Waals surface area contributed by atoms with E-state index in [1.54, 1.807) is 10.6 Å². The van der Waals surface area contributed by atoms with E-state index in [4.69, 9.17) is 5.11 Å². The van der Waals surface area contributed by atoms with Crippen molar-refractivity contribution in [1.29, 1.82) is 0 Å². The summed E-state index contributed by atoms with van der Waals surface area (Å²) in [5.74, 6) is -1.01. The van der Waals surface area contributed by atoms with Crippen LogP contribution in [0.4, 0.5) is 0 Å². The van der Waals surface area contributed by atoms with Gasteiger partial charge in [-0.1, -0.05) is 26.0 Å². The summed E-state index contributed by atoms with van der Waals surface area (Å²) in [7, 11) is 0. The molecule has 0 spiro atoms. The number of benzene rings is 2. The number of phenols is 2. The van der Waals surface area contributed by atoms with Crippen molar-refractivity contribution >= 4 is 11.9 Å². The number of nitrogens with zero attached hydrogens (tertiary/aromatic N) is 5. The number of carbonyl (C=O) groups excluding carboxylic acids is 1. The third-order valence-electron chi connectivity index (χ3n) is 6.64. The Hall–Kier alpha value is -3.96. The third kappa shape index (κ3) is 5.95. The van der Waals surface area contributed by atoms with Crippen molar-refractivity contribution in [2.24, 2.45) is 0 Å². The highest BCUT2D eigenvalue weighted by atomic mass is 16.4. The summed E-state index contributed by atoms with van der Waals surface area (Å²) in [6.45, 7) is 9.87. The molecule has 1 aromatic heterocycles. The van der Waals surface area contributed by atoms with E-state index >= 15 is 0 Å². The van der Waals surface area contributed by atoms with E-state index < -0.39 is 11.9 Å². The van der Waals surface area contributed by atoms with Crippen LogP contribution < -0.4 is 5.32 Å². The minimum atomic E-state index is -0.810. The zero-order valence-electron chi connectivity index (χ0n) is 21.9. The lowest BCUT2D eigenvalue weighted by Gasteiger charge is -2.33. The van der Waals surface area contributed by atoms with Gasteiger partial charge in [-0.2, -0.15) is 0 Å². The number of hydrogen-bond donors (Lipinski definition) is 4. The van der Waals surface area contributed by atoms with Crippen molar-refractivity contribution < 1.29 is 24.9 Å². The maximum absolute atomic E-state index is 12.8. The minimum Gasteiger partial charge on any atom is -0.508 e. The first-order valence-electron chi connectivity index (χ1n) is 12.7. The Balaban J connectivity index is 1.63. The second kappa shape index (κ2) is 11.6. The molecule has 1 fully saturated rings. The van der Waals surface area contributed by atoms with E-state index in [-0.39, 0.29) is 35.6 Å². The van der Waals surface area contributed by atoms with Gasteiger partial charge in [-0.15, -0.1) is 10.2 Å². The van der Waals surface area contributed by atoms with Gasteiger partial charge in [0.05, 0.1) is 12.1 Å². The topological polar surface area (TPSA) is 144 Å². The molecule has 0 unspecified atom stereocenters. The maximum Gasteiger partial charge on any atom is 0.317 e. The molecule has 38 heavy (non-hydrogen) atoms. The molecule has 1 amide bonds. The molecule has 11 nitrogen and oxygen atoms in total. The van der Waals surface area contributed by atoms with E-state index in [0.717, 1.165) is 25.2 Å². The van der Waals surface area contributed by atoms with Crippen molar-refractivity contribution in [3.63, 3.8) is 0 Å². The number of hydrogen-bond acceptors (Lipinski definition) is 8. The average Bonchev–Trinajstić information content (AvgIpc) is 3.30. The largest absolute Gasteiger partial charge is 0.508 e. The fourth-order valence-electron chi connectivity index (χ4n) is 4.63. The van der Waals surface area contributed by atoms with Crippen LogP contribution in [0.1, 0.15) is 48.4 Å². The fraction of sp³-hybridized carbons (Fsp3) is 0.407. The molecule has 1 aliphatic heterocycles. The van der Waals surface area contributed by atoms with Gasteiger partial charge >= 0.3 is 5.97 Å². The second-order valence-electron chi connectivity index (χ2n) is 9.74. The van der Waals surface area contributed by atoms with Crippen LogP contribution in [0.5, 0.6) is 11.5 Å². The lowest BCUT2D eigenvalue weighted by molar-refractivity contribution is -0.138. The van der Waals surface area contributed by atoms with Gasteiger partial charge < -0.3 is 20.6 Å². The van der Waals surface area contributed by atoms with Crippen molar-refractivity contribution in [3.05, 3.63) is 53.3 Å². The standard InChI is InChI=1S/C27H34N6O5/c1-4-28-27(38)26-30-29-25(21-13-20(17(2)3)22(34)14-23(21)35)33(26)19-7-5-18(6-8-19)15-31-9-11-32(12-10-31)16-24(36)37/h5-8,13-14,17,34-35H,4,9-12,15-16H2,1-3H3,(H,28,38)(H,36,37). The van der Waals surface area contributed by atoms with Crippen LogP contribution in [0, 0.1) is 0 Å². The molecule has 11 heteroatoms. The lowest BCUT2D eigenvalue weighted by Crippen LogP contribution is -2.47. The first-order valence-corrected chi connectivity index (χ1v) is 12.7. The lowest BCUT2D eigenvalue weighted by atomic mass is 9.98. The first kappa shape index (κ1) is 27.1. The smallest absolute Gasteiger partial charge is 0.317 e. The van der Waals surface area contributed by atoms with Gasteiger partial charge in [-0.3, -0.25) is 24.0 Å². The van der Waals surface area contributed by atoms with Gasteiger partial charge in [0.15, 0.2) is 5.82 Å². The van der Waals surface area contributed by atoms with Crippen LogP contribution in [-0.2, 0) is 11.3 Å². The highest BCUT2D eigenvalue weighted by Gasteiger charge is 2.24. The number of carboxylic acid groups (broad SMARTS) is 1. The Morgan fingerprint density at radius 1 is 0.974 bits per heavy atom. The summed E-state index contributed by atoms with van der Waals surface area (Å²) in [5, 5.41) is 41.1. The van der Waals surface area contributed by atoms with E-state index in [2.05, 4.69) is 20.4 Å². The normalized spacial score (nSPS) is 14.6. The van der Waals surface area contributed by atoms with Crippen LogP contribution in [0.3, 0.4) is 0 Å². The van der Waals surface area contributed by atoms with Gasteiger partial charge in [0.25, 0.3) is 5.91 Å². The number of carbonyl (C=O) groups is 2. The molecule has 1 aliphatic rings. The number of aromatic nitrogens is 3. The summed E-state index contributed by atoms with van der Waals surface area (Å²) in [4.78, 5) is 28.0. The predicted molar refractivity (Wildman–Crippen MR) is 142 cm³/mol. The van der Waals surface area contributed by atoms with E-state index in [1.807, 2.05) is 49.9 Å². The van der Waals surface area contributed by atoms with Crippen LogP contribution in [-0.4, -0.2) is 91.0 Å². The van der Waals surface area contributed by atoms with Gasteiger partial charge in [0, 0.05) is 51.0 Å². The molecule has 202 valence electrons. The van der Waals surface area contributed by atoms with Crippen molar-refractivity contribution in [2.45, 2.75) is 33.2 Å². The van der Waals surface area contributed by atoms with Crippen LogP contribution in [0.2, 0.25) is 0 Å². The minimum absolute atomic E-state index is 0.00106. The molecule has 0 aliphatic carbocycles. The highest BCUT2D eigenvalue weighted by molar-refractivity contribution is 5.92. The molecule has 4 N–H and O–H groups in total. The van der Waals surface area contributed by atoms with Crippen molar-refractivity contribution in [1.82, 2.24) is 29.9 Å². The van der Waals surface area contributed by atoms with Crippen LogP contribution in [0.15, 0.2) is 36.4 Å². The van der Waals surface area contributed by atoms with Crippen LogP contribution in [0.25, 0.3) is 17.1 Å². The maximum atomic E-state index is 12.8. The fourth-order valence-corrected chi connectivity index (χ4v) is 4.63. The van der Waals surface area contributed by atoms with Gasteiger partial charge in [0.2, 0.25) is 5.82 Å². The van der Waals surface area contributed by atoms with E-state index in [1.165, 1.54) is 6.07 Å². The second-order valence-corrected chi connectivity index (χ2v) is 9.74. The molecule has 4 rings (SSSR count). The Morgan fingerprint density at radius 3 is 2.24 bits per heavy atom. The number of carboxylic acids is 1. The summed E-state index contributed by atoms with van der Waals surface area (Å²) < 4.78 is 1.61. The number of aliphatic carboxylic acids is 1. The zero-order chi connectivity index (χ0) is 27.4. The summed E-state index contributed by atoms with van der Waals surface area (Å²) in [5.41, 5.74) is 2.73. The molecular formula is C27H34N6O5. The zero-order valence-corrected chi connectivity index (χ0v) is 21.9. The molecule has 0 atom stereocenters. The molecular weight excluding hydrogens is 488 g/mol. The number of nitrogens with one attached hydrogen (secondary N) is 1. The quantitative estimate of drug-likeness (QED) is 0.333. The molecule has 1 saturated heterocycles.